The van der Waals surface area contributed by atoms with Crippen molar-refractivity contribution >= 4 is 15.9 Å². The Bertz CT molecular complexity index is 733. The van der Waals surface area contributed by atoms with E-state index in [0.717, 1.165) is 17.5 Å². The lowest BCUT2D eigenvalue weighted by Gasteiger charge is -2.33. The second kappa shape index (κ2) is 6.82. The lowest BCUT2D eigenvalue weighted by atomic mass is 10.0. The van der Waals surface area contributed by atoms with Crippen LogP contribution in [0.2, 0.25) is 0 Å². The van der Waals surface area contributed by atoms with Gasteiger partial charge in [0.2, 0.25) is 15.9 Å². The molecule has 0 saturated carbocycles. The fourth-order valence-corrected chi connectivity index (χ4v) is 5.17. The average molecular weight is 351 g/mol. The second-order valence-electron chi connectivity index (χ2n) is 6.61. The standard InChI is InChI=1S/C17H25N3O3S/c1-13-12-18-7-10-20(13)24(22,23)17-4-3-15-5-8-19(14(2)21)9-6-16(15)11-17/h3-4,11,13,18H,5-10,12H2,1-2H3. The summed E-state index contributed by atoms with van der Waals surface area (Å²) >= 11 is 0. The number of carbonyl (C=O) groups is 1. The molecule has 2 aliphatic heterocycles. The first-order valence-corrected chi connectivity index (χ1v) is 9.93. The number of rotatable bonds is 2. The van der Waals surface area contributed by atoms with Crippen molar-refractivity contribution in [1.29, 1.82) is 0 Å². The molecule has 1 unspecified atom stereocenters. The fourth-order valence-electron chi connectivity index (χ4n) is 3.49. The van der Waals surface area contributed by atoms with Crippen molar-refractivity contribution in [2.24, 2.45) is 0 Å². The molecule has 132 valence electrons. The van der Waals surface area contributed by atoms with E-state index in [1.165, 1.54) is 0 Å². The predicted octanol–water partition coefficient (Wildman–Crippen LogP) is 0.616. The van der Waals surface area contributed by atoms with Gasteiger partial charge in [0, 0.05) is 45.7 Å². The van der Waals surface area contributed by atoms with Crippen LogP contribution in [-0.2, 0) is 27.7 Å². The van der Waals surface area contributed by atoms with E-state index < -0.39 is 10.0 Å². The maximum atomic E-state index is 13.0. The first-order chi connectivity index (χ1) is 11.4. The quantitative estimate of drug-likeness (QED) is 0.848. The van der Waals surface area contributed by atoms with E-state index in [1.807, 2.05) is 24.0 Å². The first kappa shape index (κ1) is 17.4. The van der Waals surface area contributed by atoms with Gasteiger partial charge in [0.25, 0.3) is 0 Å². The summed E-state index contributed by atoms with van der Waals surface area (Å²) in [5.74, 6) is 0.0743. The van der Waals surface area contributed by atoms with Crippen LogP contribution in [0.4, 0.5) is 0 Å². The number of nitrogens with one attached hydrogen (secondary N) is 1. The van der Waals surface area contributed by atoms with E-state index in [4.69, 9.17) is 0 Å². The van der Waals surface area contributed by atoms with Gasteiger partial charge in [-0.1, -0.05) is 6.07 Å². The Kier molecular flexibility index (Phi) is 4.94. The van der Waals surface area contributed by atoms with Gasteiger partial charge in [-0.2, -0.15) is 4.31 Å². The number of carbonyl (C=O) groups excluding carboxylic acids is 1. The number of nitrogens with zero attached hydrogens (tertiary/aromatic N) is 2. The molecule has 1 atom stereocenters. The largest absolute Gasteiger partial charge is 0.342 e. The maximum absolute atomic E-state index is 13.0. The van der Waals surface area contributed by atoms with E-state index in [2.05, 4.69) is 5.32 Å². The second-order valence-corrected chi connectivity index (χ2v) is 8.50. The van der Waals surface area contributed by atoms with Gasteiger partial charge < -0.3 is 10.2 Å². The van der Waals surface area contributed by atoms with E-state index in [0.29, 0.717) is 44.0 Å². The van der Waals surface area contributed by atoms with Crippen molar-refractivity contribution in [2.45, 2.75) is 37.6 Å². The molecule has 3 rings (SSSR count). The summed E-state index contributed by atoms with van der Waals surface area (Å²) in [5, 5.41) is 3.22. The zero-order valence-electron chi connectivity index (χ0n) is 14.3. The monoisotopic (exact) mass is 351 g/mol. The Morgan fingerprint density at radius 2 is 1.88 bits per heavy atom. The number of hydrogen-bond acceptors (Lipinski definition) is 4. The summed E-state index contributed by atoms with van der Waals surface area (Å²) in [4.78, 5) is 13.8. The number of benzene rings is 1. The highest BCUT2D eigenvalue weighted by Gasteiger charge is 2.31. The minimum Gasteiger partial charge on any atom is -0.342 e. The molecule has 2 heterocycles. The van der Waals surface area contributed by atoms with Gasteiger partial charge in [-0.3, -0.25) is 4.79 Å². The van der Waals surface area contributed by atoms with Crippen LogP contribution in [0.5, 0.6) is 0 Å². The summed E-state index contributed by atoms with van der Waals surface area (Å²) in [6.07, 6.45) is 1.48. The molecule has 7 heteroatoms. The molecule has 0 aliphatic carbocycles. The normalized spacial score (nSPS) is 22.8. The van der Waals surface area contributed by atoms with Gasteiger partial charge in [-0.25, -0.2) is 8.42 Å². The summed E-state index contributed by atoms with van der Waals surface area (Å²) in [7, 11) is -3.47. The molecule has 1 aromatic carbocycles. The third-order valence-corrected chi connectivity index (χ3v) is 6.98. The van der Waals surface area contributed by atoms with Crippen LogP contribution >= 0.6 is 0 Å². The lowest BCUT2D eigenvalue weighted by Crippen LogP contribution is -2.52. The third-order valence-electron chi connectivity index (χ3n) is 4.97. The number of fused-ring (bicyclic) bond motifs is 1. The van der Waals surface area contributed by atoms with Crippen molar-refractivity contribution in [3.8, 4) is 0 Å². The Balaban J connectivity index is 1.88. The summed E-state index contributed by atoms with van der Waals surface area (Å²) in [5.41, 5.74) is 2.19. The van der Waals surface area contributed by atoms with Crippen LogP contribution < -0.4 is 5.32 Å². The Morgan fingerprint density at radius 3 is 2.54 bits per heavy atom. The molecule has 0 radical (unpaired) electrons. The van der Waals surface area contributed by atoms with Gasteiger partial charge in [-0.05, 0) is 43.0 Å². The highest BCUT2D eigenvalue weighted by Crippen LogP contribution is 2.24. The maximum Gasteiger partial charge on any atom is 0.243 e. The van der Waals surface area contributed by atoms with Crippen molar-refractivity contribution < 1.29 is 13.2 Å². The van der Waals surface area contributed by atoms with Gasteiger partial charge in [0.1, 0.15) is 0 Å². The topological polar surface area (TPSA) is 69.7 Å². The number of hydrogen-bond donors (Lipinski definition) is 1. The van der Waals surface area contributed by atoms with Gasteiger partial charge in [0.15, 0.2) is 0 Å². The lowest BCUT2D eigenvalue weighted by molar-refractivity contribution is -0.128. The van der Waals surface area contributed by atoms with Crippen molar-refractivity contribution in [3.63, 3.8) is 0 Å². The molecule has 1 N–H and O–H groups in total. The van der Waals surface area contributed by atoms with E-state index in [-0.39, 0.29) is 11.9 Å². The highest BCUT2D eigenvalue weighted by atomic mass is 32.2. The van der Waals surface area contributed by atoms with Crippen LogP contribution in [0.1, 0.15) is 25.0 Å². The summed E-state index contributed by atoms with van der Waals surface area (Å²) in [6, 6.07) is 5.39. The van der Waals surface area contributed by atoms with E-state index >= 15 is 0 Å². The van der Waals surface area contributed by atoms with Crippen LogP contribution in [0, 0.1) is 0 Å². The van der Waals surface area contributed by atoms with Crippen LogP contribution in [-0.4, -0.2) is 62.3 Å². The molecule has 1 saturated heterocycles. The van der Waals surface area contributed by atoms with Crippen molar-refractivity contribution in [1.82, 2.24) is 14.5 Å². The van der Waals surface area contributed by atoms with Crippen molar-refractivity contribution in [2.75, 3.05) is 32.7 Å². The molecule has 1 amide bonds. The van der Waals surface area contributed by atoms with E-state index in [1.54, 1.807) is 17.3 Å². The molecule has 0 bridgehead atoms. The van der Waals surface area contributed by atoms with Crippen LogP contribution in [0.25, 0.3) is 0 Å². The number of piperazine rings is 1. The highest BCUT2D eigenvalue weighted by molar-refractivity contribution is 7.89. The number of amides is 1. The predicted molar refractivity (Wildman–Crippen MR) is 92.3 cm³/mol. The molecule has 24 heavy (non-hydrogen) atoms. The smallest absolute Gasteiger partial charge is 0.243 e. The Morgan fingerprint density at radius 1 is 1.17 bits per heavy atom. The van der Waals surface area contributed by atoms with Crippen molar-refractivity contribution in [3.05, 3.63) is 29.3 Å². The molecule has 0 spiro atoms. The zero-order chi connectivity index (χ0) is 17.3. The molecular weight excluding hydrogens is 326 g/mol. The fraction of sp³-hybridized carbons (Fsp3) is 0.588. The molecule has 0 aromatic heterocycles. The summed E-state index contributed by atoms with van der Waals surface area (Å²) in [6.45, 7) is 6.72. The molecule has 1 aromatic rings. The zero-order valence-corrected chi connectivity index (χ0v) is 15.1. The molecular formula is C17H25N3O3S. The van der Waals surface area contributed by atoms with Crippen LogP contribution in [0.15, 0.2) is 23.1 Å². The minimum absolute atomic E-state index is 0.0456. The summed E-state index contributed by atoms with van der Waals surface area (Å²) < 4.78 is 27.5. The number of sulfonamides is 1. The van der Waals surface area contributed by atoms with E-state index in [9.17, 15) is 13.2 Å². The minimum atomic E-state index is -3.47. The van der Waals surface area contributed by atoms with Gasteiger partial charge in [-0.15, -0.1) is 0 Å². The Labute approximate surface area is 143 Å². The average Bonchev–Trinajstić information content (AvgIpc) is 2.77. The SMILES string of the molecule is CC(=O)N1CCc2ccc(S(=O)(=O)N3CCNCC3C)cc2CC1. The first-order valence-electron chi connectivity index (χ1n) is 8.49. The molecule has 2 aliphatic rings. The molecule has 6 nitrogen and oxygen atoms in total. The molecule has 1 fully saturated rings. The van der Waals surface area contributed by atoms with Crippen LogP contribution in [0.3, 0.4) is 0 Å². The van der Waals surface area contributed by atoms with Gasteiger partial charge >= 0.3 is 0 Å². The third kappa shape index (κ3) is 3.34. The Hall–Kier alpha value is -1.44. The van der Waals surface area contributed by atoms with Gasteiger partial charge in [0.05, 0.1) is 4.90 Å².